The Labute approximate surface area is 143 Å². The number of hydrogen-bond acceptors (Lipinski definition) is 5. The standard InChI is InChI=1S/C19H27N5/c20-16(9-14-5-2-1-3-6-14)12-23-18-13-22-11-15(18)10-17-7-4-8-19(21)24-17/h1-8,15-16,18,22-23H,9-13,20H2,(H2,21,24)/t15-,16-,18-/m0/s1. The van der Waals surface area contributed by atoms with Gasteiger partial charge in [-0.25, -0.2) is 4.98 Å². The first-order valence-corrected chi connectivity index (χ1v) is 8.65. The first kappa shape index (κ1) is 16.9. The Morgan fingerprint density at radius 2 is 1.96 bits per heavy atom. The van der Waals surface area contributed by atoms with Crippen LogP contribution in [0.2, 0.25) is 0 Å². The van der Waals surface area contributed by atoms with Gasteiger partial charge in [0.15, 0.2) is 0 Å². The number of hydrogen-bond donors (Lipinski definition) is 4. The number of nitrogens with two attached hydrogens (primary N) is 2. The highest BCUT2D eigenvalue weighted by atomic mass is 15.1. The summed E-state index contributed by atoms with van der Waals surface area (Å²) < 4.78 is 0. The zero-order chi connectivity index (χ0) is 16.8. The summed E-state index contributed by atoms with van der Waals surface area (Å²) in [5, 5.41) is 7.11. The fourth-order valence-corrected chi connectivity index (χ4v) is 3.36. The molecule has 2 heterocycles. The quantitative estimate of drug-likeness (QED) is 0.609. The van der Waals surface area contributed by atoms with Crippen molar-refractivity contribution in [1.29, 1.82) is 0 Å². The van der Waals surface area contributed by atoms with E-state index in [0.29, 0.717) is 17.8 Å². The lowest BCUT2D eigenvalue weighted by Gasteiger charge is -2.22. The molecule has 0 radical (unpaired) electrons. The average Bonchev–Trinajstić information content (AvgIpc) is 3.01. The van der Waals surface area contributed by atoms with Crippen molar-refractivity contribution in [1.82, 2.24) is 15.6 Å². The van der Waals surface area contributed by atoms with Crippen molar-refractivity contribution in [2.24, 2.45) is 11.7 Å². The van der Waals surface area contributed by atoms with E-state index in [4.69, 9.17) is 11.5 Å². The van der Waals surface area contributed by atoms with Crippen LogP contribution in [-0.2, 0) is 12.8 Å². The van der Waals surface area contributed by atoms with Gasteiger partial charge in [-0.1, -0.05) is 36.4 Å². The van der Waals surface area contributed by atoms with Gasteiger partial charge in [0.25, 0.3) is 0 Å². The second-order valence-corrected chi connectivity index (χ2v) is 6.64. The Hall–Kier alpha value is -1.95. The largest absolute Gasteiger partial charge is 0.384 e. The molecule has 128 valence electrons. The van der Waals surface area contributed by atoms with Gasteiger partial charge in [0, 0.05) is 30.9 Å². The minimum Gasteiger partial charge on any atom is -0.384 e. The Balaban J connectivity index is 1.49. The fourth-order valence-electron chi connectivity index (χ4n) is 3.36. The van der Waals surface area contributed by atoms with Crippen LogP contribution in [-0.4, -0.2) is 36.7 Å². The van der Waals surface area contributed by atoms with Gasteiger partial charge >= 0.3 is 0 Å². The number of nitrogen functional groups attached to an aromatic ring is 1. The summed E-state index contributed by atoms with van der Waals surface area (Å²) in [5.74, 6) is 1.11. The van der Waals surface area contributed by atoms with Crippen molar-refractivity contribution in [2.75, 3.05) is 25.4 Å². The van der Waals surface area contributed by atoms with Crippen LogP contribution < -0.4 is 22.1 Å². The molecular formula is C19H27N5. The minimum absolute atomic E-state index is 0.124. The highest BCUT2D eigenvalue weighted by Gasteiger charge is 2.27. The van der Waals surface area contributed by atoms with Crippen LogP contribution in [0.5, 0.6) is 0 Å². The molecule has 24 heavy (non-hydrogen) atoms. The number of benzene rings is 1. The smallest absolute Gasteiger partial charge is 0.123 e. The number of rotatable bonds is 7. The fraction of sp³-hybridized carbons (Fsp3) is 0.421. The second kappa shape index (κ2) is 8.24. The molecule has 3 rings (SSSR count). The van der Waals surface area contributed by atoms with Gasteiger partial charge < -0.3 is 22.1 Å². The number of pyridine rings is 1. The number of anilines is 1. The van der Waals surface area contributed by atoms with Crippen molar-refractivity contribution in [3.05, 3.63) is 59.8 Å². The molecule has 0 unspecified atom stereocenters. The zero-order valence-electron chi connectivity index (χ0n) is 14.0. The Morgan fingerprint density at radius 1 is 1.12 bits per heavy atom. The molecule has 1 saturated heterocycles. The predicted molar refractivity (Wildman–Crippen MR) is 98.6 cm³/mol. The zero-order valence-corrected chi connectivity index (χ0v) is 14.0. The highest BCUT2D eigenvalue weighted by molar-refractivity contribution is 5.29. The maximum Gasteiger partial charge on any atom is 0.123 e. The highest BCUT2D eigenvalue weighted by Crippen LogP contribution is 2.16. The number of nitrogens with zero attached hydrogens (tertiary/aromatic N) is 1. The molecule has 5 heteroatoms. The van der Waals surface area contributed by atoms with E-state index in [0.717, 1.165) is 38.2 Å². The molecule has 0 saturated carbocycles. The molecule has 1 aliphatic heterocycles. The maximum atomic E-state index is 6.29. The van der Waals surface area contributed by atoms with Crippen LogP contribution in [0.4, 0.5) is 5.82 Å². The van der Waals surface area contributed by atoms with E-state index < -0.39 is 0 Å². The van der Waals surface area contributed by atoms with Crippen LogP contribution in [0.3, 0.4) is 0 Å². The summed E-state index contributed by atoms with van der Waals surface area (Å²) in [6, 6.07) is 16.8. The van der Waals surface area contributed by atoms with E-state index in [9.17, 15) is 0 Å². The van der Waals surface area contributed by atoms with E-state index in [1.165, 1.54) is 5.56 Å². The van der Waals surface area contributed by atoms with Crippen LogP contribution in [0.15, 0.2) is 48.5 Å². The molecule has 0 amide bonds. The molecule has 0 aliphatic carbocycles. The monoisotopic (exact) mass is 325 g/mol. The maximum absolute atomic E-state index is 6.29. The molecular weight excluding hydrogens is 298 g/mol. The molecule has 6 N–H and O–H groups in total. The second-order valence-electron chi connectivity index (χ2n) is 6.64. The first-order valence-electron chi connectivity index (χ1n) is 8.65. The first-order chi connectivity index (χ1) is 11.7. The average molecular weight is 325 g/mol. The summed E-state index contributed by atoms with van der Waals surface area (Å²) in [5.41, 5.74) is 14.4. The summed E-state index contributed by atoms with van der Waals surface area (Å²) in [7, 11) is 0. The molecule has 1 aliphatic rings. The van der Waals surface area contributed by atoms with Gasteiger partial charge in [-0.05, 0) is 43.0 Å². The SMILES string of the molecule is Nc1cccc(C[C@H]2CNC[C@@H]2NC[C@@H](N)Cc2ccccc2)n1. The minimum atomic E-state index is 0.124. The van der Waals surface area contributed by atoms with Gasteiger partial charge in [-0.2, -0.15) is 0 Å². The summed E-state index contributed by atoms with van der Waals surface area (Å²) >= 11 is 0. The Bertz CT molecular complexity index is 631. The summed E-state index contributed by atoms with van der Waals surface area (Å²) in [6.45, 7) is 2.80. The van der Waals surface area contributed by atoms with Gasteiger partial charge in [0.1, 0.15) is 5.82 Å². The molecule has 1 aromatic carbocycles. The lowest BCUT2D eigenvalue weighted by Crippen LogP contribution is -2.44. The topological polar surface area (TPSA) is 89.0 Å². The van der Waals surface area contributed by atoms with E-state index >= 15 is 0 Å². The van der Waals surface area contributed by atoms with Gasteiger partial charge in [-0.15, -0.1) is 0 Å². The molecule has 1 aromatic heterocycles. The summed E-state index contributed by atoms with van der Waals surface area (Å²) in [4.78, 5) is 4.42. The van der Waals surface area contributed by atoms with E-state index in [2.05, 4.69) is 39.9 Å². The van der Waals surface area contributed by atoms with Gasteiger partial charge in [-0.3, -0.25) is 0 Å². The third-order valence-electron chi connectivity index (χ3n) is 4.62. The molecule has 2 aromatic rings. The van der Waals surface area contributed by atoms with Crippen molar-refractivity contribution in [3.63, 3.8) is 0 Å². The summed E-state index contributed by atoms with van der Waals surface area (Å²) in [6.07, 6.45) is 1.83. The Morgan fingerprint density at radius 3 is 2.75 bits per heavy atom. The van der Waals surface area contributed by atoms with Crippen molar-refractivity contribution >= 4 is 5.82 Å². The van der Waals surface area contributed by atoms with E-state index in [1.807, 2.05) is 24.3 Å². The van der Waals surface area contributed by atoms with Crippen molar-refractivity contribution in [2.45, 2.75) is 24.9 Å². The normalized spacial score (nSPS) is 21.7. The lowest BCUT2D eigenvalue weighted by molar-refractivity contribution is 0.406. The van der Waals surface area contributed by atoms with E-state index in [-0.39, 0.29) is 6.04 Å². The third-order valence-corrected chi connectivity index (χ3v) is 4.62. The Kier molecular flexibility index (Phi) is 5.80. The van der Waals surface area contributed by atoms with Crippen LogP contribution in [0.25, 0.3) is 0 Å². The lowest BCUT2D eigenvalue weighted by atomic mass is 9.97. The third kappa shape index (κ3) is 4.77. The number of nitrogens with one attached hydrogen (secondary N) is 2. The molecule has 1 fully saturated rings. The van der Waals surface area contributed by atoms with Crippen LogP contribution in [0, 0.1) is 5.92 Å². The number of aromatic nitrogens is 1. The van der Waals surface area contributed by atoms with Crippen LogP contribution in [0.1, 0.15) is 11.3 Å². The van der Waals surface area contributed by atoms with Gasteiger partial charge in [0.05, 0.1) is 0 Å². The predicted octanol–water partition coefficient (Wildman–Crippen LogP) is 0.954. The molecule has 0 bridgehead atoms. The van der Waals surface area contributed by atoms with Crippen LogP contribution >= 0.6 is 0 Å². The van der Waals surface area contributed by atoms with Crippen molar-refractivity contribution in [3.8, 4) is 0 Å². The van der Waals surface area contributed by atoms with Gasteiger partial charge in [0.2, 0.25) is 0 Å². The molecule has 3 atom stereocenters. The molecule has 5 nitrogen and oxygen atoms in total. The molecule has 0 spiro atoms. The van der Waals surface area contributed by atoms with E-state index in [1.54, 1.807) is 0 Å². The van der Waals surface area contributed by atoms with Crippen molar-refractivity contribution < 1.29 is 0 Å².